The first-order valence-corrected chi connectivity index (χ1v) is 4.55. The summed E-state index contributed by atoms with van der Waals surface area (Å²) in [6.45, 7) is 3.93. The number of ether oxygens (including phenoxy) is 1. The summed E-state index contributed by atoms with van der Waals surface area (Å²) in [5.74, 6) is 0. The second-order valence-electron chi connectivity index (χ2n) is 2.72. The summed E-state index contributed by atoms with van der Waals surface area (Å²) in [6, 6.07) is 0. The van der Waals surface area contributed by atoms with Gasteiger partial charge in [0.05, 0.1) is 0 Å². The van der Waals surface area contributed by atoms with E-state index in [2.05, 4.69) is 11.7 Å². The van der Waals surface area contributed by atoms with Crippen molar-refractivity contribution >= 4 is 6.47 Å². The molecule has 0 bridgehead atoms. The minimum atomic E-state index is 0.358. The Morgan fingerprint density at radius 2 is 2.08 bits per heavy atom. The number of carbonyl (C=O) groups excluding carboxylic acids is 1. The van der Waals surface area contributed by atoms with Crippen molar-refractivity contribution in [3.8, 4) is 0 Å². The third kappa shape index (κ3) is 9.21. The Morgan fingerprint density at radius 3 is 2.75 bits per heavy atom. The van der Waals surface area contributed by atoms with Crippen LogP contribution in [0.1, 0.15) is 39.0 Å². The highest BCUT2D eigenvalue weighted by atomic mass is 16.5. The van der Waals surface area contributed by atoms with E-state index in [1.54, 1.807) is 0 Å². The van der Waals surface area contributed by atoms with E-state index in [1.807, 2.05) is 12.2 Å². The van der Waals surface area contributed by atoms with Crippen LogP contribution in [0, 0.1) is 0 Å². The molecule has 2 heteroatoms. The third-order valence-corrected chi connectivity index (χ3v) is 1.63. The van der Waals surface area contributed by atoms with Gasteiger partial charge in [0.15, 0.2) is 0 Å². The summed E-state index contributed by atoms with van der Waals surface area (Å²) in [5.41, 5.74) is 0. The minimum absolute atomic E-state index is 0.358. The Kier molecular flexibility index (Phi) is 9.54. The molecule has 0 spiro atoms. The maximum atomic E-state index is 9.60. The molecule has 0 N–H and O–H groups in total. The highest BCUT2D eigenvalue weighted by molar-refractivity contribution is 5.38. The van der Waals surface area contributed by atoms with Crippen molar-refractivity contribution in [1.29, 1.82) is 0 Å². The normalized spacial score (nSPS) is 10.4. The van der Waals surface area contributed by atoms with Gasteiger partial charge in [0.25, 0.3) is 0 Å². The topological polar surface area (TPSA) is 26.3 Å². The number of hydrogen-bond donors (Lipinski definition) is 0. The average Bonchev–Trinajstić information content (AvgIpc) is 2.10. The van der Waals surface area contributed by atoms with Gasteiger partial charge in [-0.3, -0.25) is 0 Å². The molecule has 69 valence electrons. The Bertz CT molecular complexity index is 119. The average molecular weight is 169 g/mol. The van der Waals surface area contributed by atoms with E-state index in [1.165, 1.54) is 32.2 Å². The summed E-state index contributed by atoms with van der Waals surface area (Å²) in [6.07, 6.45) is 10.1. The lowest BCUT2D eigenvalue weighted by molar-refractivity contribution is 0.313. The highest BCUT2D eigenvalue weighted by Gasteiger charge is 1.84. The van der Waals surface area contributed by atoms with E-state index in [9.17, 15) is 4.79 Å². The van der Waals surface area contributed by atoms with Crippen molar-refractivity contribution in [1.82, 2.24) is 0 Å². The summed E-state index contributed by atoms with van der Waals surface area (Å²) < 4.78 is 4.37. The largest absolute Gasteiger partial charge is 0.453 e. The first-order chi connectivity index (χ1) is 5.91. The lowest BCUT2D eigenvalue weighted by atomic mass is 10.1. The molecule has 0 rings (SSSR count). The summed E-state index contributed by atoms with van der Waals surface area (Å²) in [4.78, 5) is 9.60. The second kappa shape index (κ2) is 10.2. The lowest BCUT2D eigenvalue weighted by Gasteiger charge is -1.93. The summed E-state index contributed by atoms with van der Waals surface area (Å²) in [5, 5.41) is 0. The first kappa shape index (κ1) is 11.2. The standard InChI is InChI=1S/C10H17O2/c1-2-3-4-5-6-7-8-9-12-10-11/h7-8H,2-6,9H2,1H3/b8-7-. The number of rotatable bonds is 8. The summed E-state index contributed by atoms with van der Waals surface area (Å²) in [7, 11) is 0. The maximum absolute atomic E-state index is 9.60. The molecular weight excluding hydrogens is 152 g/mol. The third-order valence-electron chi connectivity index (χ3n) is 1.63. The Labute approximate surface area is 74.6 Å². The van der Waals surface area contributed by atoms with Crippen molar-refractivity contribution in [2.75, 3.05) is 6.61 Å². The van der Waals surface area contributed by atoms with Crippen LogP contribution in [0.2, 0.25) is 0 Å². The van der Waals surface area contributed by atoms with E-state index >= 15 is 0 Å². The van der Waals surface area contributed by atoms with Gasteiger partial charge in [-0.05, 0) is 12.8 Å². The van der Waals surface area contributed by atoms with Crippen LogP contribution >= 0.6 is 0 Å². The van der Waals surface area contributed by atoms with E-state index < -0.39 is 0 Å². The van der Waals surface area contributed by atoms with Crippen LogP contribution in [0.5, 0.6) is 0 Å². The zero-order chi connectivity index (χ0) is 9.07. The highest BCUT2D eigenvalue weighted by Crippen LogP contribution is 2.02. The number of unbranched alkanes of at least 4 members (excludes halogenated alkanes) is 4. The van der Waals surface area contributed by atoms with Crippen LogP contribution in [0.15, 0.2) is 12.2 Å². The smallest absolute Gasteiger partial charge is 0.417 e. The zero-order valence-corrected chi connectivity index (χ0v) is 7.71. The van der Waals surface area contributed by atoms with Gasteiger partial charge >= 0.3 is 6.47 Å². The molecule has 12 heavy (non-hydrogen) atoms. The molecule has 0 aromatic rings. The van der Waals surface area contributed by atoms with Gasteiger partial charge in [0.1, 0.15) is 6.61 Å². The molecule has 0 aliphatic carbocycles. The van der Waals surface area contributed by atoms with Gasteiger partial charge in [-0.15, -0.1) is 0 Å². The maximum Gasteiger partial charge on any atom is 0.417 e. The van der Waals surface area contributed by atoms with Crippen molar-refractivity contribution in [2.24, 2.45) is 0 Å². The zero-order valence-electron chi connectivity index (χ0n) is 7.71. The van der Waals surface area contributed by atoms with E-state index in [-0.39, 0.29) is 0 Å². The Morgan fingerprint density at radius 1 is 1.25 bits per heavy atom. The Hall–Kier alpha value is -0.790. The van der Waals surface area contributed by atoms with Crippen molar-refractivity contribution in [2.45, 2.75) is 39.0 Å². The van der Waals surface area contributed by atoms with E-state index in [4.69, 9.17) is 0 Å². The van der Waals surface area contributed by atoms with E-state index in [0.717, 1.165) is 6.42 Å². The fraction of sp³-hybridized carbons (Fsp3) is 0.700. The van der Waals surface area contributed by atoms with Crippen molar-refractivity contribution < 1.29 is 9.53 Å². The number of hydrogen-bond acceptors (Lipinski definition) is 2. The molecule has 0 saturated carbocycles. The molecule has 0 fully saturated rings. The predicted octanol–water partition coefficient (Wildman–Crippen LogP) is 2.60. The first-order valence-electron chi connectivity index (χ1n) is 4.55. The molecule has 0 amide bonds. The van der Waals surface area contributed by atoms with Crippen LogP contribution < -0.4 is 0 Å². The van der Waals surface area contributed by atoms with Gasteiger partial charge in [-0.2, -0.15) is 0 Å². The monoisotopic (exact) mass is 169 g/mol. The van der Waals surface area contributed by atoms with Crippen LogP contribution in [-0.2, 0) is 9.53 Å². The van der Waals surface area contributed by atoms with E-state index in [0.29, 0.717) is 6.61 Å². The van der Waals surface area contributed by atoms with Gasteiger partial charge in [0.2, 0.25) is 0 Å². The summed E-state index contributed by atoms with van der Waals surface area (Å²) >= 11 is 0. The molecule has 0 aromatic heterocycles. The molecule has 0 aliphatic heterocycles. The van der Waals surface area contributed by atoms with Gasteiger partial charge in [-0.1, -0.05) is 38.3 Å². The van der Waals surface area contributed by atoms with Crippen molar-refractivity contribution in [3.05, 3.63) is 12.2 Å². The van der Waals surface area contributed by atoms with Crippen LogP contribution in [0.3, 0.4) is 0 Å². The van der Waals surface area contributed by atoms with Crippen LogP contribution in [0.4, 0.5) is 0 Å². The second-order valence-corrected chi connectivity index (χ2v) is 2.72. The SMILES string of the molecule is CCCCCC/C=C\CO[C]=O. The molecule has 1 radical (unpaired) electrons. The fourth-order valence-electron chi connectivity index (χ4n) is 0.957. The molecular formula is C10H17O2. The number of allylic oxidation sites excluding steroid dienone is 1. The van der Waals surface area contributed by atoms with Gasteiger partial charge < -0.3 is 4.74 Å². The molecule has 0 heterocycles. The van der Waals surface area contributed by atoms with Crippen molar-refractivity contribution in [3.63, 3.8) is 0 Å². The molecule has 0 saturated heterocycles. The fourth-order valence-corrected chi connectivity index (χ4v) is 0.957. The van der Waals surface area contributed by atoms with Gasteiger partial charge in [-0.25, -0.2) is 4.79 Å². The van der Waals surface area contributed by atoms with Crippen LogP contribution in [-0.4, -0.2) is 13.1 Å². The quantitative estimate of drug-likeness (QED) is 0.412. The molecule has 0 aromatic carbocycles. The predicted molar refractivity (Wildman–Crippen MR) is 49.5 cm³/mol. The Balaban J connectivity index is 2.97. The van der Waals surface area contributed by atoms with Gasteiger partial charge in [0, 0.05) is 0 Å². The lowest BCUT2D eigenvalue weighted by Crippen LogP contribution is -1.85. The molecule has 2 nitrogen and oxygen atoms in total. The molecule has 0 unspecified atom stereocenters. The molecule has 0 atom stereocenters. The molecule has 0 aliphatic rings. The minimum Gasteiger partial charge on any atom is -0.453 e. The van der Waals surface area contributed by atoms with Crippen LogP contribution in [0.25, 0.3) is 0 Å².